The van der Waals surface area contributed by atoms with Crippen LogP contribution in [0.25, 0.3) is 0 Å². The second kappa shape index (κ2) is 6.98. The van der Waals surface area contributed by atoms with E-state index in [2.05, 4.69) is 5.32 Å². The fourth-order valence-corrected chi connectivity index (χ4v) is 3.04. The van der Waals surface area contributed by atoms with Crippen molar-refractivity contribution in [3.05, 3.63) is 67.2 Å². The average Bonchev–Trinajstić information content (AvgIpc) is 2.82. The number of carbonyl (C=O) groups is 3. The van der Waals surface area contributed by atoms with Gasteiger partial charge in [-0.3, -0.25) is 29.4 Å². The predicted octanol–water partition coefficient (Wildman–Crippen LogP) is 3.44. The van der Waals surface area contributed by atoms with Crippen LogP contribution in [0, 0.1) is 17.0 Å². The molecule has 2 aromatic rings. The number of rotatable bonds is 4. The minimum absolute atomic E-state index is 0.0636. The number of fused-ring (bicyclic) bond motifs is 1. The van der Waals surface area contributed by atoms with Crippen molar-refractivity contribution in [1.82, 2.24) is 4.90 Å². The molecular formula is C17H11Cl2N3O5. The molecule has 3 rings (SSSR count). The fraction of sp³-hybridized carbons (Fsp3) is 0.118. The minimum Gasteiger partial charge on any atom is -0.324 e. The highest BCUT2D eigenvalue weighted by Gasteiger charge is 2.37. The van der Waals surface area contributed by atoms with E-state index in [4.69, 9.17) is 23.2 Å². The van der Waals surface area contributed by atoms with Gasteiger partial charge in [-0.15, -0.1) is 0 Å². The fourth-order valence-electron chi connectivity index (χ4n) is 2.72. The van der Waals surface area contributed by atoms with Gasteiger partial charge in [0.15, 0.2) is 0 Å². The lowest BCUT2D eigenvalue weighted by Crippen LogP contribution is -2.37. The van der Waals surface area contributed by atoms with Crippen molar-refractivity contribution in [2.75, 3.05) is 11.9 Å². The van der Waals surface area contributed by atoms with Crippen LogP contribution >= 0.6 is 23.2 Å². The third-order valence-electron chi connectivity index (χ3n) is 4.09. The van der Waals surface area contributed by atoms with Gasteiger partial charge in [-0.2, -0.15) is 0 Å². The number of halogens is 2. The van der Waals surface area contributed by atoms with Gasteiger partial charge in [0.05, 0.1) is 37.3 Å². The summed E-state index contributed by atoms with van der Waals surface area (Å²) in [7, 11) is 0. The first kappa shape index (κ1) is 18.8. The van der Waals surface area contributed by atoms with Gasteiger partial charge in [-0.1, -0.05) is 29.3 Å². The summed E-state index contributed by atoms with van der Waals surface area (Å²) in [6.45, 7) is 0.934. The molecule has 0 fully saturated rings. The van der Waals surface area contributed by atoms with Crippen LogP contribution in [0.5, 0.6) is 0 Å². The van der Waals surface area contributed by atoms with Gasteiger partial charge in [0.25, 0.3) is 17.5 Å². The molecule has 0 atom stereocenters. The molecule has 0 spiro atoms. The lowest BCUT2D eigenvalue weighted by Gasteiger charge is -2.14. The van der Waals surface area contributed by atoms with E-state index in [0.717, 1.165) is 4.90 Å². The van der Waals surface area contributed by atoms with Crippen LogP contribution in [0.1, 0.15) is 26.3 Å². The third-order valence-corrected chi connectivity index (χ3v) is 4.81. The maximum Gasteiger partial charge on any atom is 0.274 e. The summed E-state index contributed by atoms with van der Waals surface area (Å²) in [5.74, 6) is -2.01. The molecule has 0 bridgehead atoms. The number of imide groups is 1. The molecule has 138 valence electrons. The molecule has 2 aromatic carbocycles. The SMILES string of the molecule is Cc1c(NC(=O)CN2C(=O)c3cc(Cl)c(Cl)cc3C2=O)cccc1[N+](=O)[O-]. The van der Waals surface area contributed by atoms with Gasteiger partial charge >= 0.3 is 0 Å². The Morgan fingerprint density at radius 3 is 2.22 bits per heavy atom. The largest absolute Gasteiger partial charge is 0.324 e. The van der Waals surface area contributed by atoms with Crippen molar-refractivity contribution in [3.8, 4) is 0 Å². The highest BCUT2D eigenvalue weighted by Crippen LogP contribution is 2.31. The van der Waals surface area contributed by atoms with E-state index in [0.29, 0.717) is 0 Å². The molecule has 1 N–H and O–H groups in total. The van der Waals surface area contributed by atoms with Crippen LogP contribution in [0.4, 0.5) is 11.4 Å². The Labute approximate surface area is 162 Å². The number of nitrogens with one attached hydrogen (secondary N) is 1. The average molecular weight is 408 g/mol. The maximum atomic E-state index is 12.4. The Morgan fingerprint density at radius 2 is 1.70 bits per heavy atom. The van der Waals surface area contributed by atoms with Crippen LogP contribution in [0.2, 0.25) is 10.0 Å². The lowest BCUT2D eigenvalue weighted by atomic mass is 10.1. The van der Waals surface area contributed by atoms with E-state index in [1.54, 1.807) is 0 Å². The number of hydrogen-bond acceptors (Lipinski definition) is 5. The van der Waals surface area contributed by atoms with Crippen molar-refractivity contribution >= 4 is 52.3 Å². The van der Waals surface area contributed by atoms with E-state index in [9.17, 15) is 24.5 Å². The molecule has 0 aliphatic carbocycles. The minimum atomic E-state index is -0.676. The van der Waals surface area contributed by atoms with Gasteiger partial charge in [0.1, 0.15) is 6.54 Å². The van der Waals surface area contributed by atoms with Crippen molar-refractivity contribution in [2.45, 2.75) is 6.92 Å². The van der Waals surface area contributed by atoms with Crippen molar-refractivity contribution in [3.63, 3.8) is 0 Å². The number of benzene rings is 2. The molecule has 0 aromatic heterocycles. The zero-order chi connectivity index (χ0) is 19.9. The monoisotopic (exact) mass is 407 g/mol. The van der Waals surface area contributed by atoms with E-state index in [1.165, 1.54) is 37.3 Å². The molecule has 1 aliphatic heterocycles. The van der Waals surface area contributed by atoms with Crippen LogP contribution in [-0.4, -0.2) is 34.1 Å². The third kappa shape index (κ3) is 3.36. The van der Waals surface area contributed by atoms with Crippen molar-refractivity contribution in [2.24, 2.45) is 0 Å². The molecule has 27 heavy (non-hydrogen) atoms. The van der Waals surface area contributed by atoms with Crippen molar-refractivity contribution in [1.29, 1.82) is 0 Å². The first-order valence-corrected chi connectivity index (χ1v) is 8.35. The number of nitrogens with zero attached hydrogens (tertiary/aromatic N) is 2. The quantitative estimate of drug-likeness (QED) is 0.474. The Morgan fingerprint density at radius 1 is 1.15 bits per heavy atom. The normalized spacial score (nSPS) is 12.9. The number of amides is 3. The summed E-state index contributed by atoms with van der Waals surface area (Å²) in [4.78, 5) is 48.3. The Bertz CT molecular complexity index is 981. The molecular weight excluding hydrogens is 397 g/mol. The number of anilines is 1. The smallest absolute Gasteiger partial charge is 0.274 e. The van der Waals surface area contributed by atoms with Crippen LogP contribution in [0.3, 0.4) is 0 Å². The van der Waals surface area contributed by atoms with Crippen LogP contribution in [-0.2, 0) is 4.79 Å². The number of nitro groups is 1. The zero-order valence-electron chi connectivity index (χ0n) is 13.8. The molecule has 0 unspecified atom stereocenters. The lowest BCUT2D eigenvalue weighted by molar-refractivity contribution is -0.385. The van der Waals surface area contributed by atoms with Crippen molar-refractivity contribution < 1.29 is 19.3 Å². The molecule has 3 amide bonds. The van der Waals surface area contributed by atoms with Gasteiger partial charge in [-0.05, 0) is 25.1 Å². The molecule has 0 saturated heterocycles. The number of hydrogen-bond donors (Lipinski definition) is 1. The molecule has 1 aliphatic rings. The highest BCUT2D eigenvalue weighted by molar-refractivity contribution is 6.43. The molecule has 10 heteroatoms. The maximum absolute atomic E-state index is 12.4. The Hall–Kier alpha value is -2.97. The van der Waals surface area contributed by atoms with Gasteiger partial charge in [-0.25, -0.2) is 0 Å². The second-order valence-electron chi connectivity index (χ2n) is 5.76. The summed E-state index contributed by atoms with van der Waals surface area (Å²) in [5, 5.41) is 13.7. The molecule has 8 nitrogen and oxygen atoms in total. The first-order chi connectivity index (χ1) is 12.7. The van der Waals surface area contributed by atoms with Gasteiger partial charge in [0, 0.05) is 6.07 Å². The Balaban J connectivity index is 1.80. The predicted molar refractivity (Wildman–Crippen MR) is 98.3 cm³/mol. The molecule has 0 saturated carbocycles. The Kier molecular flexibility index (Phi) is 4.86. The zero-order valence-corrected chi connectivity index (χ0v) is 15.3. The first-order valence-electron chi connectivity index (χ1n) is 7.59. The topological polar surface area (TPSA) is 110 Å². The molecule has 0 radical (unpaired) electrons. The van der Waals surface area contributed by atoms with E-state index < -0.39 is 29.2 Å². The highest BCUT2D eigenvalue weighted by atomic mass is 35.5. The number of nitro benzene ring substituents is 1. The van der Waals surface area contributed by atoms with Gasteiger partial charge < -0.3 is 5.32 Å². The van der Waals surface area contributed by atoms with Gasteiger partial charge in [0.2, 0.25) is 5.91 Å². The summed E-state index contributed by atoms with van der Waals surface area (Å²) < 4.78 is 0. The van der Waals surface area contributed by atoms with E-state index in [1.807, 2.05) is 0 Å². The van der Waals surface area contributed by atoms with Crippen LogP contribution in [0.15, 0.2) is 30.3 Å². The van der Waals surface area contributed by atoms with Crippen LogP contribution < -0.4 is 5.32 Å². The standard InChI is InChI=1S/C17H11Cl2N3O5/c1-8-13(3-2-4-14(8)22(26)27)20-15(23)7-21-16(24)9-5-11(18)12(19)6-10(9)17(21)25/h2-6H,7H2,1H3,(H,20,23). The van der Waals surface area contributed by atoms with E-state index >= 15 is 0 Å². The summed E-state index contributed by atoms with van der Waals surface area (Å²) in [6, 6.07) is 6.78. The summed E-state index contributed by atoms with van der Waals surface area (Å²) >= 11 is 11.8. The molecule has 1 heterocycles. The summed E-state index contributed by atoms with van der Waals surface area (Å²) in [6.07, 6.45) is 0. The summed E-state index contributed by atoms with van der Waals surface area (Å²) in [5.41, 5.74) is 0.453. The number of carbonyl (C=O) groups excluding carboxylic acids is 3. The van der Waals surface area contributed by atoms with E-state index in [-0.39, 0.29) is 38.1 Å². The second-order valence-corrected chi connectivity index (χ2v) is 6.58.